The van der Waals surface area contributed by atoms with Gasteiger partial charge in [-0.15, -0.1) is 11.3 Å². The minimum Gasteiger partial charge on any atom is -0.444 e. The third-order valence-corrected chi connectivity index (χ3v) is 10.7. The molecule has 0 atom stereocenters. The molecule has 0 spiro atoms. The molecule has 1 aliphatic carbocycles. The van der Waals surface area contributed by atoms with E-state index >= 15 is 0 Å². The summed E-state index contributed by atoms with van der Waals surface area (Å²) in [6, 6.07) is 1.82. The molecule has 0 bridgehead atoms. The van der Waals surface area contributed by atoms with Crippen molar-refractivity contribution in [2.75, 3.05) is 18.4 Å². The quantitative estimate of drug-likeness (QED) is 0.290. The van der Waals surface area contributed by atoms with Crippen LogP contribution in [0.5, 0.6) is 0 Å². The Bertz CT molecular complexity index is 1830. The normalized spacial score (nSPS) is 16.3. The van der Waals surface area contributed by atoms with Gasteiger partial charge < -0.3 is 15.0 Å². The van der Waals surface area contributed by atoms with E-state index in [0.29, 0.717) is 47.2 Å². The van der Waals surface area contributed by atoms with Gasteiger partial charge in [-0.2, -0.15) is 5.10 Å². The second-order valence-corrected chi connectivity index (χ2v) is 15.1. The molecule has 5 heterocycles. The summed E-state index contributed by atoms with van der Waals surface area (Å²) < 4.78 is 38.6. The molecule has 2 N–H and O–H groups in total. The molecular formula is C29H36N8O4S2. The van der Waals surface area contributed by atoms with Crippen LogP contribution in [-0.4, -0.2) is 68.3 Å². The number of fused-ring (bicyclic) bond motifs is 1. The molecule has 1 aliphatic heterocycles. The van der Waals surface area contributed by atoms with Gasteiger partial charge >= 0.3 is 6.09 Å². The molecule has 228 valence electrons. The summed E-state index contributed by atoms with van der Waals surface area (Å²) >= 11 is 1.17. The van der Waals surface area contributed by atoms with E-state index in [2.05, 4.69) is 26.2 Å². The van der Waals surface area contributed by atoms with Gasteiger partial charge in [0.1, 0.15) is 9.81 Å². The van der Waals surface area contributed by atoms with Crippen LogP contribution in [0.1, 0.15) is 57.7 Å². The van der Waals surface area contributed by atoms with Crippen LogP contribution in [-0.2, 0) is 21.8 Å². The fourth-order valence-electron chi connectivity index (χ4n) is 5.12. The van der Waals surface area contributed by atoms with E-state index in [4.69, 9.17) is 9.72 Å². The van der Waals surface area contributed by atoms with Gasteiger partial charge in [-0.1, -0.05) is 12.5 Å². The van der Waals surface area contributed by atoms with E-state index in [1.54, 1.807) is 28.9 Å². The number of nitrogens with zero attached hydrogens (tertiary/aromatic N) is 6. The average molecular weight is 625 g/mol. The van der Waals surface area contributed by atoms with Gasteiger partial charge in [0.25, 0.3) is 10.0 Å². The van der Waals surface area contributed by atoms with Crippen molar-refractivity contribution in [2.45, 2.75) is 69.2 Å². The molecule has 2 aliphatic rings. The molecule has 0 saturated heterocycles. The Morgan fingerprint density at radius 1 is 1.19 bits per heavy atom. The van der Waals surface area contributed by atoms with Gasteiger partial charge in [-0.3, -0.25) is 9.08 Å². The second-order valence-electron chi connectivity index (χ2n) is 12.1. The second kappa shape index (κ2) is 11.1. The third-order valence-electron chi connectivity index (χ3n) is 7.41. The van der Waals surface area contributed by atoms with Crippen LogP contribution >= 0.6 is 11.3 Å². The summed E-state index contributed by atoms with van der Waals surface area (Å²) in [5.74, 6) is 0.472. The minimum absolute atomic E-state index is 0.000659. The fourth-order valence-corrected chi connectivity index (χ4v) is 8.04. The predicted molar refractivity (Wildman–Crippen MR) is 166 cm³/mol. The molecule has 12 nitrogen and oxygen atoms in total. The van der Waals surface area contributed by atoms with Crippen LogP contribution in [0.25, 0.3) is 22.5 Å². The van der Waals surface area contributed by atoms with E-state index in [-0.39, 0.29) is 16.3 Å². The number of nitrogens with one attached hydrogen (secondary N) is 2. The lowest BCUT2D eigenvalue weighted by atomic mass is 9.94. The lowest BCUT2D eigenvalue weighted by Crippen LogP contribution is -2.39. The van der Waals surface area contributed by atoms with Gasteiger partial charge in [-0.05, 0) is 64.2 Å². The topological polar surface area (TPSA) is 136 Å². The van der Waals surface area contributed by atoms with Crippen molar-refractivity contribution in [1.29, 1.82) is 0 Å². The molecular weight excluding hydrogens is 589 g/mol. The summed E-state index contributed by atoms with van der Waals surface area (Å²) in [5, 5.41) is 8.31. The Balaban J connectivity index is 1.37. The molecule has 43 heavy (non-hydrogen) atoms. The van der Waals surface area contributed by atoms with Crippen molar-refractivity contribution in [3.05, 3.63) is 48.2 Å². The lowest BCUT2D eigenvalue weighted by molar-refractivity contribution is 0.0273. The molecule has 1 saturated carbocycles. The Labute approximate surface area is 254 Å². The Morgan fingerprint density at radius 3 is 2.65 bits per heavy atom. The highest BCUT2D eigenvalue weighted by Crippen LogP contribution is 2.35. The number of sulfonamides is 1. The largest absolute Gasteiger partial charge is 0.444 e. The standard InChI is InChI=1S/C29H36N8O4S2/c1-18-12-24(42-27(18)43(39,40)34-21-9-6-10-21)33-25-26-30-14-23(20-13-31-35(5)15-20)37(26)17-22(32-25)19-8-7-11-36(16-19)28(38)41-29(2,3)4/h8,12-15,17,21,34H,6-7,9-11,16H2,1-5H3,(H,32,33). The van der Waals surface area contributed by atoms with E-state index in [1.807, 2.05) is 50.7 Å². The zero-order valence-electron chi connectivity index (χ0n) is 24.9. The van der Waals surface area contributed by atoms with Crippen LogP contribution in [0, 0.1) is 6.92 Å². The fraction of sp³-hybridized carbons (Fsp3) is 0.448. The number of carbonyl (C=O) groups is 1. The van der Waals surface area contributed by atoms with Crippen LogP contribution in [0.3, 0.4) is 0 Å². The average Bonchev–Trinajstić information content (AvgIpc) is 3.63. The van der Waals surface area contributed by atoms with E-state index < -0.39 is 15.6 Å². The number of imidazole rings is 1. The number of rotatable bonds is 7. The number of anilines is 2. The third kappa shape index (κ3) is 6.17. The SMILES string of the molecule is Cc1cc(Nc2nc(C3=CCCN(C(=O)OC(C)(C)C)C3)cn3c(-c4cnn(C)c4)cnc23)sc1S(=O)(=O)NC1CCC1. The molecule has 0 aromatic carbocycles. The summed E-state index contributed by atoms with van der Waals surface area (Å²) in [5.41, 5.74) is 3.89. The number of hydrogen-bond donors (Lipinski definition) is 2. The monoisotopic (exact) mass is 624 g/mol. The van der Waals surface area contributed by atoms with Crippen molar-refractivity contribution in [1.82, 2.24) is 33.8 Å². The molecule has 0 unspecified atom stereocenters. The summed E-state index contributed by atoms with van der Waals surface area (Å²) in [7, 11) is -1.77. The van der Waals surface area contributed by atoms with E-state index in [1.165, 1.54) is 11.3 Å². The first-order valence-corrected chi connectivity index (χ1v) is 16.6. The Kier molecular flexibility index (Phi) is 7.55. The van der Waals surface area contributed by atoms with Gasteiger partial charge in [0.15, 0.2) is 11.5 Å². The van der Waals surface area contributed by atoms with Crippen LogP contribution in [0.4, 0.5) is 15.6 Å². The van der Waals surface area contributed by atoms with E-state index in [0.717, 1.165) is 36.1 Å². The lowest BCUT2D eigenvalue weighted by Gasteiger charge is -2.30. The van der Waals surface area contributed by atoms with Crippen LogP contribution in [0.15, 0.2) is 41.1 Å². The number of aromatic nitrogens is 5. The first kappa shape index (κ1) is 29.3. The van der Waals surface area contributed by atoms with Crippen molar-refractivity contribution in [3.8, 4) is 11.3 Å². The van der Waals surface area contributed by atoms with Gasteiger partial charge in [-0.25, -0.2) is 27.9 Å². The van der Waals surface area contributed by atoms with Crippen molar-refractivity contribution in [3.63, 3.8) is 0 Å². The van der Waals surface area contributed by atoms with Crippen molar-refractivity contribution in [2.24, 2.45) is 7.05 Å². The summed E-state index contributed by atoms with van der Waals surface area (Å²) in [4.78, 5) is 24.2. The maximum Gasteiger partial charge on any atom is 0.410 e. The first-order valence-electron chi connectivity index (χ1n) is 14.3. The summed E-state index contributed by atoms with van der Waals surface area (Å²) in [6.45, 7) is 8.25. The minimum atomic E-state index is -3.63. The number of carbonyl (C=O) groups excluding carboxylic acids is 1. The molecule has 14 heteroatoms. The maximum atomic E-state index is 13.1. The van der Waals surface area contributed by atoms with Crippen LogP contribution in [0.2, 0.25) is 0 Å². The number of ether oxygens (including phenoxy) is 1. The maximum absolute atomic E-state index is 13.1. The highest BCUT2D eigenvalue weighted by molar-refractivity contribution is 7.91. The van der Waals surface area contributed by atoms with Crippen molar-refractivity contribution < 1.29 is 17.9 Å². The number of aryl methyl sites for hydroxylation is 2. The molecule has 6 rings (SSSR count). The molecule has 4 aromatic rings. The highest BCUT2D eigenvalue weighted by atomic mass is 32.2. The Hall–Kier alpha value is -3.75. The zero-order valence-corrected chi connectivity index (χ0v) is 26.5. The molecule has 1 amide bonds. The van der Waals surface area contributed by atoms with E-state index in [9.17, 15) is 13.2 Å². The van der Waals surface area contributed by atoms with Gasteiger partial charge in [0.2, 0.25) is 0 Å². The Morgan fingerprint density at radius 2 is 1.98 bits per heavy atom. The highest BCUT2D eigenvalue weighted by Gasteiger charge is 2.29. The summed E-state index contributed by atoms with van der Waals surface area (Å²) in [6.07, 6.45) is 12.5. The molecule has 0 radical (unpaired) electrons. The number of hydrogen-bond acceptors (Lipinski definition) is 9. The number of amides is 1. The molecule has 4 aromatic heterocycles. The smallest absolute Gasteiger partial charge is 0.410 e. The zero-order chi connectivity index (χ0) is 30.5. The van der Waals surface area contributed by atoms with Crippen molar-refractivity contribution >= 4 is 49.5 Å². The number of thiophene rings is 1. The van der Waals surface area contributed by atoms with Crippen LogP contribution < -0.4 is 10.0 Å². The van der Waals surface area contributed by atoms with Gasteiger partial charge in [0.05, 0.1) is 35.3 Å². The predicted octanol–water partition coefficient (Wildman–Crippen LogP) is 5.10. The first-order chi connectivity index (χ1) is 20.4. The van der Waals surface area contributed by atoms with Gasteiger partial charge in [0, 0.05) is 37.6 Å². The molecule has 1 fully saturated rings.